The molecule has 2 aliphatic rings. The van der Waals surface area contributed by atoms with Gasteiger partial charge >= 0.3 is 6.18 Å². The van der Waals surface area contributed by atoms with Gasteiger partial charge in [0.2, 0.25) is 11.8 Å². The van der Waals surface area contributed by atoms with Crippen LogP contribution < -0.4 is 0 Å². The van der Waals surface area contributed by atoms with Gasteiger partial charge in [-0.2, -0.15) is 13.2 Å². The molecular weight excluding hydrogens is 357 g/mol. The zero-order valence-electron chi connectivity index (χ0n) is 15.3. The van der Waals surface area contributed by atoms with Crippen LogP contribution in [0.4, 0.5) is 13.2 Å². The minimum Gasteiger partial charge on any atom is -0.342 e. The summed E-state index contributed by atoms with van der Waals surface area (Å²) in [6.07, 6.45) is 0.351. The summed E-state index contributed by atoms with van der Waals surface area (Å²) in [5.74, 6) is 0.0985. The number of likely N-dealkylation sites (tertiary alicyclic amines) is 2. The fourth-order valence-electron chi connectivity index (χ4n) is 3.85. The average Bonchev–Trinajstić information content (AvgIpc) is 2.68. The van der Waals surface area contributed by atoms with E-state index in [1.54, 1.807) is 4.90 Å². The summed E-state index contributed by atoms with van der Waals surface area (Å²) in [4.78, 5) is 28.7. The number of carbonyl (C=O) groups excluding carboxylic acids is 2. The van der Waals surface area contributed by atoms with Gasteiger partial charge in [-0.15, -0.1) is 0 Å². The highest BCUT2D eigenvalue weighted by molar-refractivity contribution is 5.81. The molecule has 148 valence electrons. The lowest BCUT2D eigenvalue weighted by Gasteiger charge is -2.35. The molecule has 0 atom stereocenters. The van der Waals surface area contributed by atoms with Crippen molar-refractivity contribution in [2.45, 2.75) is 44.7 Å². The maximum Gasteiger partial charge on any atom is 0.416 e. The number of hydrogen-bond acceptors (Lipinski definition) is 2. The Labute approximate surface area is 157 Å². The van der Waals surface area contributed by atoms with E-state index in [1.165, 1.54) is 18.6 Å². The van der Waals surface area contributed by atoms with Crippen LogP contribution in [0.25, 0.3) is 0 Å². The molecule has 0 unspecified atom stereocenters. The lowest BCUT2D eigenvalue weighted by atomic mass is 9.94. The molecular formula is C20H25F3N2O2. The third kappa shape index (κ3) is 5.02. The van der Waals surface area contributed by atoms with E-state index in [9.17, 15) is 22.8 Å². The molecule has 2 fully saturated rings. The summed E-state index contributed by atoms with van der Waals surface area (Å²) in [6.45, 7) is 2.74. The third-order valence-corrected chi connectivity index (χ3v) is 5.50. The predicted octanol–water partition coefficient (Wildman–Crippen LogP) is 3.50. The van der Waals surface area contributed by atoms with E-state index in [4.69, 9.17) is 0 Å². The highest BCUT2D eigenvalue weighted by atomic mass is 19.4. The molecule has 1 aromatic carbocycles. The van der Waals surface area contributed by atoms with Gasteiger partial charge in [0.05, 0.1) is 12.0 Å². The Hall–Kier alpha value is -2.05. The zero-order valence-corrected chi connectivity index (χ0v) is 15.3. The van der Waals surface area contributed by atoms with E-state index in [1.807, 2.05) is 4.90 Å². The SMILES string of the molecule is O=C(Cc1ccc(C(F)(F)F)cc1)N1CCC(C(=O)N2CCCCC2)CC1. The van der Waals surface area contributed by atoms with E-state index in [2.05, 4.69) is 0 Å². The van der Waals surface area contributed by atoms with Crippen LogP contribution in [0.5, 0.6) is 0 Å². The summed E-state index contributed by atoms with van der Waals surface area (Å²) in [7, 11) is 0. The molecule has 0 saturated carbocycles. The van der Waals surface area contributed by atoms with Crippen LogP contribution in [-0.4, -0.2) is 47.8 Å². The van der Waals surface area contributed by atoms with E-state index >= 15 is 0 Å². The summed E-state index contributed by atoms with van der Waals surface area (Å²) < 4.78 is 37.8. The minimum atomic E-state index is -4.37. The van der Waals surface area contributed by atoms with Gasteiger partial charge in [-0.25, -0.2) is 0 Å². The van der Waals surface area contributed by atoms with Gasteiger partial charge in [-0.05, 0) is 49.8 Å². The van der Waals surface area contributed by atoms with Crippen LogP contribution in [0.1, 0.15) is 43.2 Å². The van der Waals surface area contributed by atoms with Crippen LogP contribution >= 0.6 is 0 Å². The van der Waals surface area contributed by atoms with Crippen LogP contribution in [0.3, 0.4) is 0 Å². The number of halogens is 3. The monoisotopic (exact) mass is 382 g/mol. The first-order valence-corrected chi connectivity index (χ1v) is 9.57. The molecule has 0 N–H and O–H groups in total. The van der Waals surface area contributed by atoms with Crippen LogP contribution in [-0.2, 0) is 22.2 Å². The molecule has 2 heterocycles. The number of carbonyl (C=O) groups is 2. The first kappa shape index (κ1) is 19.7. The highest BCUT2D eigenvalue weighted by Crippen LogP contribution is 2.29. The first-order chi connectivity index (χ1) is 12.8. The van der Waals surface area contributed by atoms with Gasteiger partial charge in [-0.3, -0.25) is 9.59 Å². The Kier molecular flexibility index (Phi) is 6.07. The Morgan fingerprint density at radius 1 is 0.889 bits per heavy atom. The summed E-state index contributed by atoms with van der Waals surface area (Å²) in [6, 6.07) is 4.72. The van der Waals surface area contributed by atoms with Crippen molar-refractivity contribution >= 4 is 11.8 Å². The van der Waals surface area contributed by atoms with Crippen molar-refractivity contribution < 1.29 is 22.8 Å². The average molecular weight is 382 g/mol. The second-order valence-electron chi connectivity index (χ2n) is 7.41. The third-order valence-electron chi connectivity index (χ3n) is 5.50. The van der Waals surface area contributed by atoms with Crippen molar-refractivity contribution in [2.24, 2.45) is 5.92 Å². The second kappa shape index (κ2) is 8.31. The summed E-state index contributed by atoms with van der Waals surface area (Å²) in [5, 5.41) is 0. The highest BCUT2D eigenvalue weighted by Gasteiger charge is 2.31. The number of piperidine rings is 2. The van der Waals surface area contributed by atoms with E-state index < -0.39 is 11.7 Å². The van der Waals surface area contributed by atoms with E-state index in [0.717, 1.165) is 38.1 Å². The van der Waals surface area contributed by atoms with Crippen LogP contribution in [0.15, 0.2) is 24.3 Å². The number of hydrogen-bond donors (Lipinski definition) is 0. The van der Waals surface area contributed by atoms with Crippen LogP contribution in [0, 0.1) is 5.92 Å². The molecule has 0 spiro atoms. The van der Waals surface area contributed by atoms with Gasteiger partial charge in [0.15, 0.2) is 0 Å². The van der Waals surface area contributed by atoms with Crippen molar-refractivity contribution in [3.63, 3.8) is 0 Å². The summed E-state index contributed by atoms with van der Waals surface area (Å²) in [5.41, 5.74) is -0.143. The normalized spacial score (nSPS) is 19.2. The molecule has 7 heteroatoms. The van der Waals surface area contributed by atoms with Gasteiger partial charge in [-0.1, -0.05) is 12.1 Å². The van der Waals surface area contributed by atoms with Gasteiger partial charge < -0.3 is 9.80 Å². The minimum absolute atomic E-state index is 0.0155. The molecule has 2 amide bonds. The molecule has 27 heavy (non-hydrogen) atoms. The number of alkyl halides is 3. The number of nitrogens with zero attached hydrogens (tertiary/aromatic N) is 2. The lowest BCUT2D eigenvalue weighted by molar-refractivity contribution is -0.141. The first-order valence-electron chi connectivity index (χ1n) is 9.57. The Balaban J connectivity index is 1.49. The van der Waals surface area contributed by atoms with Crippen molar-refractivity contribution in [2.75, 3.05) is 26.2 Å². The van der Waals surface area contributed by atoms with Gasteiger partial charge in [0, 0.05) is 32.1 Å². The summed E-state index contributed by atoms with van der Waals surface area (Å²) >= 11 is 0. The van der Waals surface area contributed by atoms with Crippen molar-refractivity contribution in [3.8, 4) is 0 Å². The maximum atomic E-state index is 12.6. The molecule has 2 saturated heterocycles. The van der Waals surface area contributed by atoms with Gasteiger partial charge in [0.1, 0.15) is 0 Å². The largest absolute Gasteiger partial charge is 0.416 e. The quantitative estimate of drug-likeness (QED) is 0.803. The predicted molar refractivity (Wildman–Crippen MR) is 94.9 cm³/mol. The standard InChI is InChI=1S/C20H25F3N2O2/c21-20(22,23)17-6-4-15(5-7-17)14-18(26)24-12-8-16(9-13-24)19(27)25-10-2-1-3-11-25/h4-7,16H,1-3,8-14H2. The Morgan fingerprint density at radius 2 is 1.48 bits per heavy atom. The zero-order chi connectivity index (χ0) is 19.4. The van der Waals surface area contributed by atoms with Gasteiger partial charge in [0.25, 0.3) is 0 Å². The Bertz CT molecular complexity index is 659. The fraction of sp³-hybridized carbons (Fsp3) is 0.600. The number of amides is 2. The lowest BCUT2D eigenvalue weighted by Crippen LogP contribution is -2.46. The second-order valence-corrected chi connectivity index (χ2v) is 7.41. The molecule has 0 bridgehead atoms. The van der Waals surface area contributed by atoms with Crippen molar-refractivity contribution in [1.82, 2.24) is 9.80 Å². The molecule has 3 rings (SSSR count). The fourth-order valence-corrected chi connectivity index (χ4v) is 3.85. The molecule has 0 aliphatic carbocycles. The molecule has 0 aromatic heterocycles. The van der Waals surface area contributed by atoms with Crippen molar-refractivity contribution in [3.05, 3.63) is 35.4 Å². The maximum absolute atomic E-state index is 12.6. The number of rotatable bonds is 3. The molecule has 0 radical (unpaired) electrons. The van der Waals surface area contributed by atoms with E-state index in [-0.39, 0.29) is 24.2 Å². The molecule has 4 nitrogen and oxygen atoms in total. The smallest absolute Gasteiger partial charge is 0.342 e. The Morgan fingerprint density at radius 3 is 2.04 bits per heavy atom. The van der Waals surface area contributed by atoms with E-state index in [0.29, 0.717) is 31.5 Å². The topological polar surface area (TPSA) is 40.6 Å². The van der Waals surface area contributed by atoms with Crippen molar-refractivity contribution in [1.29, 1.82) is 0 Å². The van der Waals surface area contributed by atoms with Crippen LogP contribution in [0.2, 0.25) is 0 Å². The molecule has 1 aromatic rings. The number of benzene rings is 1. The molecule has 2 aliphatic heterocycles.